The van der Waals surface area contributed by atoms with E-state index in [1.165, 1.54) is 18.3 Å². The van der Waals surface area contributed by atoms with Crippen molar-refractivity contribution in [2.75, 3.05) is 18.0 Å². The zero-order chi connectivity index (χ0) is 22.0. The molecule has 0 radical (unpaired) electrons. The summed E-state index contributed by atoms with van der Waals surface area (Å²) in [7, 11) is 0. The van der Waals surface area contributed by atoms with E-state index < -0.39 is 5.82 Å². The van der Waals surface area contributed by atoms with E-state index in [9.17, 15) is 14.0 Å². The molecular weight excluding hydrogens is 421 g/mol. The minimum atomic E-state index is -0.414. The molecule has 4 rings (SSSR count). The average Bonchev–Trinajstić information content (AvgIpc) is 3.58. The van der Waals surface area contributed by atoms with Crippen molar-refractivity contribution in [3.05, 3.63) is 56.7 Å². The first-order valence-corrected chi connectivity index (χ1v) is 11.2. The molecule has 9 heteroatoms. The first kappa shape index (κ1) is 21.6. The summed E-state index contributed by atoms with van der Waals surface area (Å²) in [6.07, 6.45) is 5.91. The van der Waals surface area contributed by atoms with Crippen molar-refractivity contribution in [3.63, 3.8) is 0 Å². The molecule has 2 aliphatic rings. The van der Waals surface area contributed by atoms with Gasteiger partial charge in [-0.15, -0.1) is 0 Å². The van der Waals surface area contributed by atoms with E-state index in [2.05, 4.69) is 15.3 Å². The fourth-order valence-corrected chi connectivity index (χ4v) is 4.47. The Morgan fingerprint density at radius 2 is 2.13 bits per heavy atom. The number of aromatic amines is 1. The minimum absolute atomic E-state index is 0.00743. The Balaban J connectivity index is 1.45. The van der Waals surface area contributed by atoms with E-state index >= 15 is 0 Å². The van der Waals surface area contributed by atoms with Gasteiger partial charge in [-0.25, -0.2) is 14.2 Å². The highest BCUT2D eigenvalue weighted by Gasteiger charge is 2.39. The largest absolute Gasteiger partial charge is 0.340 e. The second kappa shape index (κ2) is 9.26. The Hall–Kier alpha value is -2.61. The van der Waals surface area contributed by atoms with Crippen molar-refractivity contribution >= 4 is 23.6 Å². The van der Waals surface area contributed by atoms with Crippen LogP contribution in [-0.4, -0.2) is 46.1 Å². The average molecular weight is 448 g/mol. The number of piperidine rings is 1. The van der Waals surface area contributed by atoms with Gasteiger partial charge in [0, 0.05) is 48.5 Å². The van der Waals surface area contributed by atoms with Gasteiger partial charge in [0.25, 0.3) is 5.56 Å². The number of nitrogens with zero attached hydrogens (tertiary/aromatic N) is 3. The third-order valence-electron chi connectivity index (χ3n) is 5.95. The smallest absolute Gasteiger partial charge is 0.318 e. The van der Waals surface area contributed by atoms with Crippen LogP contribution in [0.25, 0.3) is 0 Å². The molecule has 2 fully saturated rings. The van der Waals surface area contributed by atoms with Crippen molar-refractivity contribution in [1.82, 2.24) is 20.2 Å². The summed E-state index contributed by atoms with van der Waals surface area (Å²) in [6.45, 7) is 3.45. The summed E-state index contributed by atoms with van der Waals surface area (Å²) in [6, 6.07) is 4.44. The van der Waals surface area contributed by atoms with Gasteiger partial charge < -0.3 is 15.1 Å². The number of carbonyl (C=O) groups is 1. The van der Waals surface area contributed by atoms with Crippen LogP contribution in [-0.2, 0) is 13.0 Å². The second-order valence-corrected chi connectivity index (χ2v) is 8.59. The number of benzene rings is 1. The summed E-state index contributed by atoms with van der Waals surface area (Å²) in [4.78, 5) is 35.7. The SMILES string of the molecule is CCc1cc(CNC(=O)N(C2CC2)[C@@H]2CCCN(c3nccc(=O)[nH]3)C2)c(F)cc1Cl. The molecule has 2 N–H and O–H groups in total. The van der Waals surface area contributed by atoms with Gasteiger partial charge in [0.2, 0.25) is 5.95 Å². The summed E-state index contributed by atoms with van der Waals surface area (Å²) < 4.78 is 14.3. The fourth-order valence-electron chi connectivity index (χ4n) is 4.19. The summed E-state index contributed by atoms with van der Waals surface area (Å²) in [5.41, 5.74) is 1.10. The second-order valence-electron chi connectivity index (χ2n) is 8.19. The number of halogens is 2. The molecular formula is C22H27ClFN5O2. The van der Waals surface area contributed by atoms with Crippen molar-refractivity contribution in [3.8, 4) is 0 Å². The number of aryl methyl sites for hydroxylation is 1. The van der Waals surface area contributed by atoms with Crippen LogP contribution in [0.4, 0.5) is 15.1 Å². The molecule has 0 unspecified atom stereocenters. The predicted octanol–water partition coefficient (Wildman–Crippen LogP) is 3.47. The molecule has 0 spiro atoms. The standard InChI is InChI=1S/C22H27ClFN5O2/c1-2-14-10-15(19(24)11-18(14)23)12-26-22(31)29(16-5-6-16)17-4-3-9-28(13-17)21-25-8-7-20(30)27-21/h7-8,10-11,16-17H,2-6,9,12-13H2,1H3,(H,26,31)(H,25,27,30)/t17-/m1/s1. The molecule has 1 aromatic heterocycles. The molecule has 166 valence electrons. The molecule has 2 heterocycles. The zero-order valence-corrected chi connectivity index (χ0v) is 18.3. The van der Waals surface area contributed by atoms with E-state index in [4.69, 9.17) is 11.6 Å². The fraction of sp³-hybridized carbons (Fsp3) is 0.500. The van der Waals surface area contributed by atoms with Crippen molar-refractivity contribution in [1.29, 1.82) is 0 Å². The van der Waals surface area contributed by atoms with Gasteiger partial charge in [0.1, 0.15) is 5.82 Å². The maximum absolute atomic E-state index is 14.3. The van der Waals surface area contributed by atoms with E-state index in [1.807, 2.05) is 16.7 Å². The number of nitrogens with one attached hydrogen (secondary N) is 2. The van der Waals surface area contributed by atoms with Crippen LogP contribution in [0.5, 0.6) is 0 Å². The molecule has 1 aliphatic carbocycles. The molecule has 1 atom stereocenters. The van der Waals surface area contributed by atoms with Crippen LogP contribution in [0.2, 0.25) is 5.02 Å². The van der Waals surface area contributed by atoms with Crippen LogP contribution < -0.4 is 15.8 Å². The third-order valence-corrected chi connectivity index (χ3v) is 6.30. The molecule has 1 saturated heterocycles. The minimum Gasteiger partial charge on any atom is -0.340 e. The van der Waals surface area contributed by atoms with Crippen LogP contribution in [0, 0.1) is 5.82 Å². The summed E-state index contributed by atoms with van der Waals surface area (Å²) in [5.74, 6) is 0.118. The van der Waals surface area contributed by atoms with Crippen LogP contribution >= 0.6 is 11.6 Å². The highest BCUT2D eigenvalue weighted by atomic mass is 35.5. The normalized spacial score (nSPS) is 18.7. The lowest BCUT2D eigenvalue weighted by atomic mass is 10.0. The first-order valence-electron chi connectivity index (χ1n) is 10.8. The number of amides is 2. The summed E-state index contributed by atoms with van der Waals surface area (Å²) in [5, 5.41) is 3.31. The van der Waals surface area contributed by atoms with E-state index in [-0.39, 0.29) is 30.2 Å². The van der Waals surface area contributed by atoms with Gasteiger partial charge in [0.05, 0.1) is 6.04 Å². The number of hydrogen-bond acceptors (Lipinski definition) is 4. The van der Waals surface area contributed by atoms with Gasteiger partial charge in [0.15, 0.2) is 0 Å². The van der Waals surface area contributed by atoms with Crippen LogP contribution in [0.3, 0.4) is 0 Å². The van der Waals surface area contributed by atoms with Crippen LogP contribution in [0.1, 0.15) is 43.7 Å². The Labute approximate surface area is 185 Å². The lowest BCUT2D eigenvalue weighted by Crippen LogP contribution is -2.54. The van der Waals surface area contributed by atoms with Gasteiger partial charge in [-0.1, -0.05) is 18.5 Å². The third kappa shape index (κ3) is 5.01. The molecule has 1 aliphatic heterocycles. The van der Waals surface area contributed by atoms with Crippen molar-refractivity contribution < 1.29 is 9.18 Å². The van der Waals surface area contributed by atoms with Gasteiger partial charge in [-0.2, -0.15) is 0 Å². The number of rotatable bonds is 6. The highest BCUT2D eigenvalue weighted by molar-refractivity contribution is 6.31. The summed E-state index contributed by atoms with van der Waals surface area (Å²) >= 11 is 6.07. The van der Waals surface area contributed by atoms with E-state index in [0.29, 0.717) is 29.5 Å². The lowest BCUT2D eigenvalue weighted by Gasteiger charge is -2.39. The maximum Gasteiger partial charge on any atom is 0.318 e. The topological polar surface area (TPSA) is 81.3 Å². The number of carbonyl (C=O) groups excluding carboxylic acids is 1. The Bertz CT molecular complexity index is 1010. The molecule has 0 bridgehead atoms. The molecule has 1 aromatic carbocycles. The maximum atomic E-state index is 14.3. The Morgan fingerprint density at radius 1 is 1.32 bits per heavy atom. The number of aromatic nitrogens is 2. The van der Waals surface area contributed by atoms with Gasteiger partial charge in [-0.3, -0.25) is 9.78 Å². The number of hydrogen-bond donors (Lipinski definition) is 2. The Morgan fingerprint density at radius 3 is 2.84 bits per heavy atom. The van der Waals surface area contributed by atoms with Crippen molar-refractivity contribution in [2.45, 2.75) is 57.7 Å². The molecule has 31 heavy (non-hydrogen) atoms. The quantitative estimate of drug-likeness (QED) is 0.710. The molecule has 1 saturated carbocycles. The zero-order valence-electron chi connectivity index (χ0n) is 17.5. The van der Waals surface area contributed by atoms with Gasteiger partial charge in [-0.05, 0) is 49.8 Å². The molecule has 2 aromatic rings. The monoisotopic (exact) mass is 447 g/mol. The molecule has 2 amide bonds. The van der Waals surface area contributed by atoms with Crippen molar-refractivity contribution in [2.24, 2.45) is 0 Å². The predicted molar refractivity (Wildman–Crippen MR) is 118 cm³/mol. The van der Waals surface area contributed by atoms with E-state index in [1.54, 1.807) is 6.07 Å². The van der Waals surface area contributed by atoms with E-state index in [0.717, 1.165) is 37.8 Å². The van der Waals surface area contributed by atoms with Crippen LogP contribution in [0.15, 0.2) is 29.2 Å². The Kier molecular flexibility index (Phi) is 6.46. The lowest BCUT2D eigenvalue weighted by molar-refractivity contribution is 0.160. The number of anilines is 1. The number of H-pyrrole nitrogens is 1. The first-order chi connectivity index (χ1) is 15.0. The van der Waals surface area contributed by atoms with Gasteiger partial charge >= 0.3 is 6.03 Å². The number of urea groups is 1. The molecule has 7 nitrogen and oxygen atoms in total. The highest BCUT2D eigenvalue weighted by Crippen LogP contribution is 2.32.